The van der Waals surface area contributed by atoms with Crippen LogP contribution in [-0.2, 0) is 6.54 Å². The standard InChI is InChI=1S/C8H9NO3/c9-3-6-7(11)1-5(4-10)2-8(6)12/h1-2,4,11-12H,3,9H2. The van der Waals surface area contributed by atoms with E-state index in [2.05, 4.69) is 0 Å². The zero-order chi connectivity index (χ0) is 9.14. The monoisotopic (exact) mass is 167 g/mol. The van der Waals surface area contributed by atoms with Crippen molar-refractivity contribution < 1.29 is 15.0 Å². The molecular weight excluding hydrogens is 158 g/mol. The van der Waals surface area contributed by atoms with E-state index in [0.717, 1.165) is 0 Å². The van der Waals surface area contributed by atoms with Crippen LogP contribution in [-0.4, -0.2) is 16.5 Å². The van der Waals surface area contributed by atoms with Crippen molar-refractivity contribution in [2.24, 2.45) is 5.73 Å². The molecule has 0 aliphatic rings. The van der Waals surface area contributed by atoms with Gasteiger partial charge < -0.3 is 15.9 Å². The molecule has 1 aromatic carbocycles. The van der Waals surface area contributed by atoms with Gasteiger partial charge in [-0.05, 0) is 12.1 Å². The van der Waals surface area contributed by atoms with E-state index >= 15 is 0 Å². The lowest BCUT2D eigenvalue weighted by molar-refractivity contribution is 0.112. The summed E-state index contributed by atoms with van der Waals surface area (Å²) in [5.41, 5.74) is 5.71. The normalized spacial score (nSPS) is 9.75. The van der Waals surface area contributed by atoms with Crippen molar-refractivity contribution >= 4 is 6.29 Å². The Balaban J connectivity index is 3.27. The molecule has 0 amide bonds. The second kappa shape index (κ2) is 3.23. The smallest absolute Gasteiger partial charge is 0.150 e. The number of aromatic hydroxyl groups is 2. The predicted molar refractivity (Wildman–Crippen MR) is 43.1 cm³/mol. The molecule has 0 aliphatic carbocycles. The van der Waals surface area contributed by atoms with Crippen LogP contribution in [0.2, 0.25) is 0 Å². The summed E-state index contributed by atoms with van der Waals surface area (Å²) >= 11 is 0. The molecule has 0 bridgehead atoms. The molecule has 4 nitrogen and oxygen atoms in total. The van der Waals surface area contributed by atoms with Crippen LogP contribution >= 0.6 is 0 Å². The third-order valence-electron chi connectivity index (χ3n) is 1.57. The minimum Gasteiger partial charge on any atom is -0.507 e. The molecule has 0 saturated heterocycles. The number of phenols is 2. The van der Waals surface area contributed by atoms with Gasteiger partial charge in [0, 0.05) is 17.7 Å². The molecule has 4 N–H and O–H groups in total. The van der Waals surface area contributed by atoms with Crippen molar-refractivity contribution in [1.29, 1.82) is 0 Å². The minimum atomic E-state index is -0.153. The maximum Gasteiger partial charge on any atom is 0.150 e. The first kappa shape index (κ1) is 8.55. The van der Waals surface area contributed by atoms with E-state index in [1.165, 1.54) is 12.1 Å². The summed E-state index contributed by atoms with van der Waals surface area (Å²) in [5, 5.41) is 18.4. The molecule has 12 heavy (non-hydrogen) atoms. The summed E-state index contributed by atoms with van der Waals surface area (Å²) in [6, 6.07) is 2.52. The number of hydrogen-bond acceptors (Lipinski definition) is 4. The van der Waals surface area contributed by atoms with E-state index in [9.17, 15) is 15.0 Å². The van der Waals surface area contributed by atoms with Gasteiger partial charge in [0.25, 0.3) is 0 Å². The van der Waals surface area contributed by atoms with Crippen molar-refractivity contribution in [3.8, 4) is 11.5 Å². The van der Waals surface area contributed by atoms with Crippen LogP contribution in [0.25, 0.3) is 0 Å². The molecule has 0 fully saturated rings. The second-order valence-corrected chi connectivity index (χ2v) is 2.36. The zero-order valence-corrected chi connectivity index (χ0v) is 6.32. The first-order chi connectivity index (χ1) is 5.69. The van der Waals surface area contributed by atoms with Crippen LogP contribution in [0.3, 0.4) is 0 Å². The number of rotatable bonds is 2. The van der Waals surface area contributed by atoms with E-state index in [4.69, 9.17) is 5.73 Å². The Labute approximate surface area is 69.3 Å². The molecule has 0 saturated carbocycles. The lowest BCUT2D eigenvalue weighted by Crippen LogP contribution is -1.97. The third-order valence-corrected chi connectivity index (χ3v) is 1.57. The lowest BCUT2D eigenvalue weighted by Gasteiger charge is -2.04. The van der Waals surface area contributed by atoms with Gasteiger partial charge >= 0.3 is 0 Å². The maximum atomic E-state index is 10.3. The molecule has 1 rings (SSSR count). The van der Waals surface area contributed by atoms with Crippen molar-refractivity contribution in [3.05, 3.63) is 23.3 Å². The zero-order valence-electron chi connectivity index (χ0n) is 6.32. The topological polar surface area (TPSA) is 83.5 Å². The fourth-order valence-electron chi connectivity index (χ4n) is 0.940. The average Bonchev–Trinajstić information content (AvgIpc) is 2.03. The van der Waals surface area contributed by atoms with Crippen LogP contribution in [0.15, 0.2) is 12.1 Å². The Morgan fingerprint density at radius 2 is 1.83 bits per heavy atom. The van der Waals surface area contributed by atoms with Crippen molar-refractivity contribution in [2.45, 2.75) is 6.54 Å². The highest BCUT2D eigenvalue weighted by Gasteiger charge is 2.06. The Hall–Kier alpha value is -1.55. The van der Waals surface area contributed by atoms with E-state index < -0.39 is 0 Å². The first-order valence-electron chi connectivity index (χ1n) is 3.39. The van der Waals surface area contributed by atoms with Gasteiger partial charge in [0.15, 0.2) is 0 Å². The highest BCUT2D eigenvalue weighted by atomic mass is 16.3. The summed E-state index contributed by atoms with van der Waals surface area (Å²) in [7, 11) is 0. The summed E-state index contributed by atoms with van der Waals surface area (Å²) in [6.45, 7) is 0.0385. The predicted octanol–water partition coefficient (Wildman–Crippen LogP) is 0.369. The van der Waals surface area contributed by atoms with Crippen LogP contribution in [0.1, 0.15) is 15.9 Å². The fourth-order valence-corrected chi connectivity index (χ4v) is 0.940. The number of nitrogens with two attached hydrogens (primary N) is 1. The van der Waals surface area contributed by atoms with E-state index in [1.807, 2.05) is 0 Å². The van der Waals surface area contributed by atoms with Gasteiger partial charge in [0.05, 0.1) is 0 Å². The van der Waals surface area contributed by atoms with Gasteiger partial charge in [-0.25, -0.2) is 0 Å². The molecule has 4 heteroatoms. The molecule has 64 valence electrons. The highest BCUT2D eigenvalue weighted by molar-refractivity contribution is 5.77. The van der Waals surface area contributed by atoms with Crippen LogP contribution < -0.4 is 5.73 Å². The Kier molecular flexibility index (Phi) is 2.30. The molecule has 0 aliphatic heterocycles. The van der Waals surface area contributed by atoms with E-state index in [-0.39, 0.29) is 29.2 Å². The van der Waals surface area contributed by atoms with Gasteiger partial charge in [0.2, 0.25) is 0 Å². The van der Waals surface area contributed by atoms with Crippen molar-refractivity contribution in [3.63, 3.8) is 0 Å². The minimum absolute atomic E-state index is 0.0385. The lowest BCUT2D eigenvalue weighted by atomic mass is 10.1. The molecule has 0 radical (unpaired) electrons. The van der Waals surface area contributed by atoms with E-state index in [0.29, 0.717) is 6.29 Å². The summed E-state index contributed by atoms with van der Waals surface area (Å²) in [5.74, 6) is -0.306. The van der Waals surface area contributed by atoms with Gasteiger partial charge in [-0.1, -0.05) is 0 Å². The Bertz CT molecular complexity index is 286. The average molecular weight is 167 g/mol. The number of benzene rings is 1. The molecule has 1 aromatic rings. The second-order valence-electron chi connectivity index (χ2n) is 2.36. The maximum absolute atomic E-state index is 10.3. The van der Waals surface area contributed by atoms with Gasteiger partial charge in [-0.2, -0.15) is 0 Å². The van der Waals surface area contributed by atoms with Crippen LogP contribution in [0.5, 0.6) is 11.5 Å². The van der Waals surface area contributed by atoms with Gasteiger partial charge in [-0.15, -0.1) is 0 Å². The molecule has 0 atom stereocenters. The van der Waals surface area contributed by atoms with Crippen LogP contribution in [0.4, 0.5) is 0 Å². The number of hydrogen-bond donors (Lipinski definition) is 3. The fraction of sp³-hybridized carbons (Fsp3) is 0.125. The van der Waals surface area contributed by atoms with Crippen LogP contribution in [0, 0.1) is 0 Å². The number of carbonyl (C=O) groups excluding carboxylic acids is 1. The first-order valence-corrected chi connectivity index (χ1v) is 3.39. The molecule has 0 aromatic heterocycles. The van der Waals surface area contributed by atoms with Gasteiger partial charge in [0.1, 0.15) is 17.8 Å². The molecule has 0 heterocycles. The summed E-state index contributed by atoms with van der Waals surface area (Å²) in [4.78, 5) is 10.3. The van der Waals surface area contributed by atoms with E-state index in [1.54, 1.807) is 0 Å². The largest absolute Gasteiger partial charge is 0.507 e. The molecule has 0 spiro atoms. The quantitative estimate of drug-likeness (QED) is 0.555. The summed E-state index contributed by atoms with van der Waals surface area (Å²) in [6.07, 6.45) is 0.541. The van der Waals surface area contributed by atoms with Crippen molar-refractivity contribution in [2.75, 3.05) is 0 Å². The third kappa shape index (κ3) is 1.38. The summed E-state index contributed by atoms with van der Waals surface area (Å²) < 4.78 is 0. The Morgan fingerprint density at radius 3 is 2.17 bits per heavy atom. The SMILES string of the molecule is NCc1c(O)cc(C=O)cc1O. The van der Waals surface area contributed by atoms with Crippen molar-refractivity contribution in [1.82, 2.24) is 0 Å². The molecule has 0 unspecified atom stereocenters. The highest BCUT2D eigenvalue weighted by Crippen LogP contribution is 2.27. The Morgan fingerprint density at radius 1 is 1.33 bits per heavy atom. The molecular formula is C8H9NO3. The number of aldehydes is 1. The number of carbonyl (C=O) groups is 1. The van der Waals surface area contributed by atoms with Gasteiger partial charge in [-0.3, -0.25) is 4.79 Å². The number of phenolic OH excluding ortho intramolecular Hbond substituents is 2.